The topological polar surface area (TPSA) is 130 Å². The van der Waals surface area contributed by atoms with Crippen LogP contribution in [0.2, 0.25) is 0 Å². The molecule has 0 bridgehead atoms. The summed E-state index contributed by atoms with van der Waals surface area (Å²) >= 11 is 0. The number of rotatable bonds is 3. The lowest BCUT2D eigenvalue weighted by molar-refractivity contribution is -0.193. The molecule has 0 aliphatic carbocycles. The van der Waals surface area contributed by atoms with Crippen LogP contribution >= 0.6 is 0 Å². The number of halogens is 10. The summed E-state index contributed by atoms with van der Waals surface area (Å²) in [6.07, 6.45) is -9.70. The highest BCUT2D eigenvalue weighted by Crippen LogP contribution is 2.32. The van der Waals surface area contributed by atoms with E-state index in [1.165, 1.54) is 12.1 Å². The van der Waals surface area contributed by atoms with Gasteiger partial charge in [0.2, 0.25) is 0 Å². The maximum absolute atomic E-state index is 14.1. The standard InChI is InChI=1S/C21H18F4N4.2C2HF3O2/c22-13-3-1-12(2-4-13)20-5-6-21(28-27-20)29-8-7-14(19(26)11-29)15-9-17(24)18(25)10-16(15)23;2*3-2(4,5)1(6)7/h1-6,9-10,14,19H,7-8,11,26H2;2*(H,6,7)/t14-,19+;;/m1../s1. The molecule has 2 aromatic carbocycles. The van der Waals surface area contributed by atoms with Crippen LogP contribution in [0.4, 0.5) is 49.7 Å². The van der Waals surface area contributed by atoms with Crippen LogP contribution in [0.25, 0.3) is 11.3 Å². The Labute approximate surface area is 235 Å². The molecule has 43 heavy (non-hydrogen) atoms. The molecule has 3 aromatic rings. The van der Waals surface area contributed by atoms with Gasteiger partial charge in [-0.25, -0.2) is 27.2 Å². The maximum atomic E-state index is 14.1. The Bertz CT molecular complexity index is 1380. The minimum atomic E-state index is -5.08. The minimum absolute atomic E-state index is 0.0915. The van der Waals surface area contributed by atoms with E-state index in [1.54, 1.807) is 24.3 Å². The van der Waals surface area contributed by atoms with Crippen LogP contribution in [-0.2, 0) is 9.59 Å². The van der Waals surface area contributed by atoms with Crippen LogP contribution in [0.15, 0.2) is 48.5 Å². The molecule has 1 aromatic heterocycles. The largest absolute Gasteiger partial charge is 0.490 e. The summed E-state index contributed by atoms with van der Waals surface area (Å²) in [6.45, 7) is 0.884. The number of nitrogens with two attached hydrogens (primary N) is 1. The van der Waals surface area contributed by atoms with Crippen molar-refractivity contribution in [1.29, 1.82) is 0 Å². The highest BCUT2D eigenvalue weighted by molar-refractivity contribution is 5.73. The van der Waals surface area contributed by atoms with E-state index in [9.17, 15) is 43.9 Å². The number of carbonyl (C=O) groups is 2. The Morgan fingerprint density at radius 1 is 0.791 bits per heavy atom. The fraction of sp³-hybridized carbons (Fsp3) is 0.280. The van der Waals surface area contributed by atoms with Gasteiger partial charge in [0, 0.05) is 36.7 Å². The van der Waals surface area contributed by atoms with Gasteiger partial charge in [-0.05, 0) is 54.4 Å². The second-order valence-corrected chi connectivity index (χ2v) is 8.68. The van der Waals surface area contributed by atoms with Crippen molar-refractivity contribution in [2.45, 2.75) is 30.7 Å². The lowest BCUT2D eigenvalue weighted by Gasteiger charge is -2.37. The lowest BCUT2D eigenvalue weighted by atomic mass is 9.85. The zero-order valence-corrected chi connectivity index (χ0v) is 21.3. The van der Waals surface area contributed by atoms with Crippen LogP contribution in [-0.4, -0.2) is 63.8 Å². The van der Waals surface area contributed by atoms with Gasteiger partial charge < -0.3 is 20.8 Å². The molecule has 1 saturated heterocycles. The summed E-state index contributed by atoms with van der Waals surface area (Å²) in [5, 5.41) is 22.7. The molecule has 1 aliphatic heterocycles. The minimum Gasteiger partial charge on any atom is -0.475 e. The average molecular weight is 630 g/mol. The first-order valence-corrected chi connectivity index (χ1v) is 11.7. The number of hydrogen-bond acceptors (Lipinski definition) is 6. The van der Waals surface area contributed by atoms with Crippen molar-refractivity contribution in [3.8, 4) is 11.3 Å². The van der Waals surface area contributed by atoms with Crippen LogP contribution in [0.3, 0.4) is 0 Å². The van der Waals surface area contributed by atoms with E-state index < -0.39 is 53.7 Å². The molecule has 0 saturated carbocycles. The fourth-order valence-corrected chi connectivity index (χ4v) is 3.67. The van der Waals surface area contributed by atoms with Gasteiger partial charge in [-0.15, -0.1) is 10.2 Å². The first-order chi connectivity index (χ1) is 19.8. The fourth-order valence-electron chi connectivity index (χ4n) is 3.67. The molecule has 18 heteroatoms. The van der Waals surface area contributed by atoms with Crippen LogP contribution in [0.5, 0.6) is 0 Å². The van der Waals surface area contributed by atoms with Crippen LogP contribution in [0.1, 0.15) is 17.9 Å². The number of carboxylic acid groups (broad SMARTS) is 2. The first kappa shape index (κ1) is 34.7. The quantitative estimate of drug-likeness (QED) is 0.263. The number of aliphatic carboxylic acids is 2. The molecule has 0 amide bonds. The molecule has 234 valence electrons. The number of piperidine rings is 1. The van der Waals surface area contributed by atoms with E-state index in [0.717, 1.165) is 11.6 Å². The van der Waals surface area contributed by atoms with Crippen molar-refractivity contribution >= 4 is 17.8 Å². The third kappa shape index (κ3) is 10.1. The predicted octanol–water partition coefficient (Wildman–Crippen LogP) is 5.29. The predicted molar refractivity (Wildman–Crippen MR) is 129 cm³/mol. The van der Waals surface area contributed by atoms with Gasteiger partial charge in [0.05, 0.1) is 5.69 Å². The number of carboxylic acids is 2. The monoisotopic (exact) mass is 630 g/mol. The van der Waals surface area contributed by atoms with Gasteiger partial charge in [-0.2, -0.15) is 26.3 Å². The molecule has 4 N–H and O–H groups in total. The Morgan fingerprint density at radius 2 is 1.30 bits per heavy atom. The second-order valence-electron chi connectivity index (χ2n) is 8.68. The molecule has 1 fully saturated rings. The molecule has 0 spiro atoms. The first-order valence-electron chi connectivity index (χ1n) is 11.7. The summed E-state index contributed by atoms with van der Waals surface area (Å²) in [6, 6.07) is 10.5. The molecule has 8 nitrogen and oxygen atoms in total. The van der Waals surface area contributed by atoms with Gasteiger partial charge in [0.25, 0.3) is 0 Å². The number of aromatic nitrogens is 2. The van der Waals surface area contributed by atoms with Crippen molar-refractivity contribution in [3.05, 3.63) is 77.4 Å². The molecule has 1 aliphatic rings. The Morgan fingerprint density at radius 3 is 1.74 bits per heavy atom. The Balaban J connectivity index is 0.000000384. The van der Waals surface area contributed by atoms with Crippen molar-refractivity contribution in [2.75, 3.05) is 18.0 Å². The molecule has 2 atom stereocenters. The van der Waals surface area contributed by atoms with Gasteiger partial charge in [0.1, 0.15) is 11.6 Å². The molecule has 2 heterocycles. The number of anilines is 1. The Kier molecular flexibility index (Phi) is 11.4. The normalized spacial score (nSPS) is 16.8. The molecule has 0 radical (unpaired) electrons. The maximum Gasteiger partial charge on any atom is 0.490 e. The summed E-state index contributed by atoms with van der Waals surface area (Å²) < 4.78 is 117. The van der Waals surface area contributed by atoms with E-state index in [0.29, 0.717) is 37.1 Å². The van der Waals surface area contributed by atoms with Gasteiger partial charge in [-0.3, -0.25) is 0 Å². The van der Waals surface area contributed by atoms with Crippen molar-refractivity contribution in [3.63, 3.8) is 0 Å². The van der Waals surface area contributed by atoms with E-state index in [-0.39, 0.29) is 11.4 Å². The highest BCUT2D eigenvalue weighted by Gasteiger charge is 2.39. The third-order valence-corrected chi connectivity index (χ3v) is 5.70. The summed E-state index contributed by atoms with van der Waals surface area (Å²) in [5.41, 5.74) is 7.67. The van der Waals surface area contributed by atoms with Crippen LogP contribution in [0, 0.1) is 23.3 Å². The molecule has 4 rings (SSSR count). The van der Waals surface area contributed by atoms with Gasteiger partial charge in [0.15, 0.2) is 17.5 Å². The summed E-state index contributed by atoms with van der Waals surface area (Å²) in [5.74, 6) is -8.75. The second kappa shape index (κ2) is 14.1. The zero-order valence-electron chi connectivity index (χ0n) is 21.3. The lowest BCUT2D eigenvalue weighted by Crippen LogP contribution is -2.48. The number of hydrogen-bond donors (Lipinski definition) is 3. The van der Waals surface area contributed by atoms with Crippen molar-refractivity contribution in [2.24, 2.45) is 5.73 Å². The van der Waals surface area contributed by atoms with Crippen molar-refractivity contribution < 1.29 is 63.7 Å². The number of alkyl halides is 6. The van der Waals surface area contributed by atoms with Crippen molar-refractivity contribution in [1.82, 2.24) is 10.2 Å². The average Bonchev–Trinajstić information content (AvgIpc) is 2.91. The highest BCUT2D eigenvalue weighted by atomic mass is 19.4. The molecule has 0 unspecified atom stereocenters. The summed E-state index contributed by atoms with van der Waals surface area (Å²) in [4.78, 5) is 19.7. The smallest absolute Gasteiger partial charge is 0.475 e. The molecular weight excluding hydrogens is 610 g/mol. The van der Waals surface area contributed by atoms with E-state index in [2.05, 4.69) is 10.2 Å². The number of nitrogens with zero attached hydrogens (tertiary/aromatic N) is 3. The third-order valence-electron chi connectivity index (χ3n) is 5.70. The summed E-state index contributed by atoms with van der Waals surface area (Å²) in [7, 11) is 0. The van der Waals surface area contributed by atoms with Gasteiger partial charge in [-0.1, -0.05) is 0 Å². The zero-order chi connectivity index (χ0) is 32.7. The van der Waals surface area contributed by atoms with E-state index >= 15 is 0 Å². The Hall–Kier alpha value is -4.48. The van der Waals surface area contributed by atoms with Crippen LogP contribution < -0.4 is 10.6 Å². The SMILES string of the molecule is N[C@H]1CN(c2ccc(-c3ccc(F)cc3)nn2)CC[C@@H]1c1cc(F)c(F)cc1F.O=C(O)C(F)(F)F.O=C(O)C(F)(F)F. The van der Waals surface area contributed by atoms with E-state index in [1.807, 2.05) is 4.90 Å². The number of benzene rings is 2. The molecular formula is C25H20F10N4O4. The van der Waals surface area contributed by atoms with Gasteiger partial charge >= 0.3 is 24.3 Å². The van der Waals surface area contributed by atoms with E-state index in [4.69, 9.17) is 25.5 Å².